The standard InChI is InChI=1S/C20H27N5O4/c26-13-18(27)23-7-9-25(10-8-23)20(16-2-5-24(6-3-16)19(28)29)4-1-15-12-21-14-22-17(15)11-20/h1,4,11-12,14,16,26H,2-3,5-10,13H2,(H,21,22)(H,28,29). The first-order chi connectivity index (χ1) is 14.0. The van der Waals surface area contributed by atoms with Crippen LogP contribution in [0.5, 0.6) is 0 Å². The fraction of sp³-hybridized carbons (Fsp3) is 0.550. The van der Waals surface area contributed by atoms with Crippen LogP contribution in [0.4, 0.5) is 4.79 Å². The van der Waals surface area contributed by atoms with Gasteiger partial charge in [-0.3, -0.25) is 9.69 Å². The molecular weight excluding hydrogens is 374 g/mol. The molecule has 2 fully saturated rings. The average molecular weight is 401 g/mol. The number of piperidine rings is 1. The fourth-order valence-corrected chi connectivity index (χ4v) is 4.82. The Balaban J connectivity index is 1.59. The summed E-state index contributed by atoms with van der Waals surface area (Å²) in [6, 6.07) is 0. The molecule has 3 N–H and O–H groups in total. The molecule has 0 radical (unpaired) electrons. The van der Waals surface area contributed by atoms with E-state index in [9.17, 15) is 14.7 Å². The summed E-state index contributed by atoms with van der Waals surface area (Å²) in [4.78, 5) is 32.9. The number of hydrogen-bond donors (Lipinski definition) is 3. The average Bonchev–Trinajstić information content (AvgIpc) is 2.78. The van der Waals surface area contributed by atoms with E-state index in [1.54, 1.807) is 11.2 Å². The zero-order valence-electron chi connectivity index (χ0n) is 16.3. The van der Waals surface area contributed by atoms with Crippen molar-refractivity contribution in [2.24, 2.45) is 10.9 Å². The Hall–Kier alpha value is -2.65. The number of nitrogens with zero attached hydrogens (tertiary/aromatic N) is 4. The second-order valence-electron chi connectivity index (χ2n) is 7.86. The molecule has 0 aromatic rings. The van der Waals surface area contributed by atoms with Crippen molar-refractivity contribution in [1.82, 2.24) is 20.0 Å². The molecule has 0 saturated carbocycles. The first kappa shape index (κ1) is 19.7. The molecule has 2 amide bonds. The van der Waals surface area contributed by atoms with E-state index in [4.69, 9.17) is 5.11 Å². The Bertz CT molecular complexity index is 789. The summed E-state index contributed by atoms with van der Waals surface area (Å²) in [5, 5.41) is 21.7. The van der Waals surface area contributed by atoms with Gasteiger partial charge in [0.25, 0.3) is 0 Å². The summed E-state index contributed by atoms with van der Waals surface area (Å²) in [7, 11) is 0. The number of piperazine rings is 1. The second-order valence-corrected chi connectivity index (χ2v) is 7.86. The summed E-state index contributed by atoms with van der Waals surface area (Å²) >= 11 is 0. The largest absolute Gasteiger partial charge is 0.465 e. The molecule has 3 heterocycles. The van der Waals surface area contributed by atoms with Crippen molar-refractivity contribution in [1.29, 1.82) is 0 Å². The van der Waals surface area contributed by atoms with Gasteiger partial charge in [-0.2, -0.15) is 0 Å². The van der Waals surface area contributed by atoms with Gasteiger partial charge in [0.05, 0.1) is 11.9 Å². The summed E-state index contributed by atoms with van der Waals surface area (Å²) in [5.41, 5.74) is 1.70. The van der Waals surface area contributed by atoms with Gasteiger partial charge in [0.2, 0.25) is 5.91 Å². The molecule has 4 aliphatic rings. The molecule has 0 aromatic carbocycles. The molecule has 1 unspecified atom stereocenters. The number of carbonyl (C=O) groups excluding carboxylic acids is 1. The third-order valence-corrected chi connectivity index (χ3v) is 6.46. The van der Waals surface area contributed by atoms with Crippen LogP contribution < -0.4 is 5.32 Å². The van der Waals surface area contributed by atoms with Crippen molar-refractivity contribution in [3.63, 3.8) is 0 Å². The van der Waals surface area contributed by atoms with E-state index in [0.717, 1.165) is 24.1 Å². The van der Waals surface area contributed by atoms with Crippen LogP contribution >= 0.6 is 0 Å². The van der Waals surface area contributed by atoms with Crippen LogP contribution in [-0.2, 0) is 4.79 Å². The van der Waals surface area contributed by atoms with Gasteiger partial charge in [-0.05, 0) is 24.8 Å². The third kappa shape index (κ3) is 3.67. The van der Waals surface area contributed by atoms with Gasteiger partial charge in [-0.25, -0.2) is 9.79 Å². The number of aliphatic hydroxyl groups excluding tert-OH is 1. The highest BCUT2D eigenvalue weighted by atomic mass is 16.4. The molecule has 0 aromatic heterocycles. The maximum absolute atomic E-state index is 11.9. The zero-order chi connectivity index (χ0) is 20.4. The molecular formula is C20H27N5O4. The maximum atomic E-state index is 11.9. The van der Waals surface area contributed by atoms with Crippen LogP contribution in [-0.4, -0.2) is 94.7 Å². The molecule has 4 rings (SSSR count). The Labute approximate surface area is 169 Å². The van der Waals surface area contributed by atoms with Crippen LogP contribution in [0.15, 0.2) is 40.7 Å². The number of carbonyl (C=O) groups is 2. The SMILES string of the molecule is O=C(O)N1CCC(C2(N3CCN(C(=O)CO)CC3)C=CC3=CN=CNC3=C2)CC1. The molecule has 0 bridgehead atoms. The Morgan fingerprint density at radius 2 is 1.86 bits per heavy atom. The van der Waals surface area contributed by atoms with Gasteiger partial charge >= 0.3 is 6.09 Å². The van der Waals surface area contributed by atoms with Crippen molar-refractivity contribution < 1.29 is 19.8 Å². The van der Waals surface area contributed by atoms with Crippen molar-refractivity contribution in [3.8, 4) is 0 Å². The van der Waals surface area contributed by atoms with Gasteiger partial charge in [0.1, 0.15) is 6.61 Å². The molecule has 9 nitrogen and oxygen atoms in total. The maximum Gasteiger partial charge on any atom is 0.407 e. The van der Waals surface area contributed by atoms with Gasteiger partial charge in [-0.1, -0.05) is 12.2 Å². The first-order valence-electron chi connectivity index (χ1n) is 10.1. The van der Waals surface area contributed by atoms with E-state index >= 15 is 0 Å². The number of amides is 2. The van der Waals surface area contributed by atoms with Crippen molar-refractivity contribution in [2.45, 2.75) is 18.4 Å². The number of rotatable bonds is 3. The number of nitrogens with one attached hydrogen (secondary N) is 1. The highest BCUT2D eigenvalue weighted by Gasteiger charge is 2.45. The molecule has 29 heavy (non-hydrogen) atoms. The Morgan fingerprint density at radius 1 is 1.14 bits per heavy atom. The molecule has 156 valence electrons. The number of hydrogen-bond acceptors (Lipinski definition) is 6. The molecule has 2 saturated heterocycles. The topological polar surface area (TPSA) is 109 Å². The van der Waals surface area contributed by atoms with E-state index in [0.29, 0.717) is 39.3 Å². The number of aliphatic imine (C=N–C) groups is 1. The van der Waals surface area contributed by atoms with Crippen LogP contribution in [0.2, 0.25) is 0 Å². The van der Waals surface area contributed by atoms with Crippen LogP contribution in [0.25, 0.3) is 0 Å². The minimum absolute atomic E-state index is 0.235. The number of likely N-dealkylation sites (tertiary alicyclic amines) is 1. The third-order valence-electron chi connectivity index (χ3n) is 6.46. The zero-order valence-corrected chi connectivity index (χ0v) is 16.3. The van der Waals surface area contributed by atoms with Crippen molar-refractivity contribution >= 4 is 18.3 Å². The lowest BCUT2D eigenvalue weighted by Gasteiger charge is -2.51. The van der Waals surface area contributed by atoms with Gasteiger partial charge in [-0.15, -0.1) is 0 Å². The molecule has 1 aliphatic carbocycles. The predicted octanol–water partition coefficient (Wildman–Crippen LogP) is 0.221. The van der Waals surface area contributed by atoms with E-state index < -0.39 is 12.7 Å². The van der Waals surface area contributed by atoms with Crippen LogP contribution in [0.1, 0.15) is 12.8 Å². The Kier molecular flexibility index (Phi) is 5.42. The molecule has 0 spiro atoms. The van der Waals surface area contributed by atoms with Crippen molar-refractivity contribution in [2.75, 3.05) is 45.9 Å². The van der Waals surface area contributed by atoms with Gasteiger partial charge in [0.15, 0.2) is 0 Å². The monoisotopic (exact) mass is 401 g/mol. The first-order valence-corrected chi connectivity index (χ1v) is 10.1. The fourth-order valence-electron chi connectivity index (χ4n) is 4.82. The molecule has 1 atom stereocenters. The highest BCUT2D eigenvalue weighted by Crippen LogP contribution is 2.40. The van der Waals surface area contributed by atoms with E-state index in [1.165, 1.54) is 4.90 Å². The predicted molar refractivity (Wildman–Crippen MR) is 107 cm³/mol. The van der Waals surface area contributed by atoms with Gasteiger partial charge < -0.3 is 25.3 Å². The number of fused-ring (bicyclic) bond motifs is 1. The molecule has 3 aliphatic heterocycles. The minimum Gasteiger partial charge on any atom is -0.465 e. The lowest BCUT2D eigenvalue weighted by Crippen LogP contribution is -2.61. The van der Waals surface area contributed by atoms with Crippen LogP contribution in [0.3, 0.4) is 0 Å². The summed E-state index contributed by atoms with van der Waals surface area (Å²) in [6.07, 6.45) is 10.8. The number of carboxylic acid groups (broad SMARTS) is 1. The van der Waals surface area contributed by atoms with E-state index in [2.05, 4.69) is 33.4 Å². The highest BCUT2D eigenvalue weighted by molar-refractivity contribution is 5.77. The summed E-state index contributed by atoms with van der Waals surface area (Å²) in [5.74, 6) is 0.0329. The molecule has 9 heteroatoms. The van der Waals surface area contributed by atoms with Crippen molar-refractivity contribution in [3.05, 3.63) is 35.7 Å². The van der Waals surface area contributed by atoms with E-state index in [-0.39, 0.29) is 17.4 Å². The summed E-state index contributed by atoms with van der Waals surface area (Å²) in [6.45, 7) is 3.14. The lowest BCUT2D eigenvalue weighted by atomic mass is 9.73. The van der Waals surface area contributed by atoms with Crippen LogP contribution in [0, 0.1) is 5.92 Å². The van der Waals surface area contributed by atoms with Gasteiger partial charge in [0, 0.05) is 56.7 Å². The second kappa shape index (κ2) is 8.00. The number of aliphatic hydroxyl groups is 1. The number of allylic oxidation sites excluding steroid dienone is 1. The summed E-state index contributed by atoms with van der Waals surface area (Å²) < 4.78 is 0. The lowest BCUT2D eigenvalue weighted by molar-refractivity contribution is -0.136. The normalized spacial score (nSPS) is 27.8. The Morgan fingerprint density at radius 3 is 2.52 bits per heavy atom. The smallest absolute Gasteiger partial charge is 0.407 e. The van der Waals surface area contributed by atoms with E-state index in [1.807, 2.05) is 6.20 Å². The quantitative estimate of drug-likeness (QED) is 0.624. The minimum atomic E-state index is -0.860.